The third-order valence-corrected chi connectivity index (χ3v) is 4.58. The van der Waals surface area contributed by atoms with Crippen LogP contribution < -0.4 is 5.73 Å². The van der Waals surface area contributed by atoms with E-state index in [1.807, 2.05) is 19.2 Å². The van der Waals surface area contributed by atoms with Crippen LogP contribution in [0.3, 0.4) is 0 Å². The monoisotopic (exact) mass is 277 g/mol. The van der Waals surface area contributed by atoms with Gasteiger partial charge in [0.15, 0.2) is 0 Å². The number of thioether (sulfide) groups is 1. The van der Waals surface area contributed by atoms with Gasteiger partial charge in [-0.1, -0.05) is 43.0 Å². The lowest BCUT2D eigenvalue weighted by Crippen LogP contribution is -2.26. The topological polar surface area (TPSA) is 69.6 Å². The molecule has 2 aromatic rings. The Kier molecular flexibility index (Phi) is 4.55. The van der Waals surface area contributed by atoms with Crippen molar-refractivity contribution < 1.29 is 0 Å². The van der Waals surface area contributed by atoms with E-state index in [9.17, 15) is 0 Å². The van der Waals surface area contributed by atoms with Crippen LogP contribution in [0.5, 0.6) is 0 Å². The Labute approximate surface area is 117 Å². The summed E-state index contributed by atoms with van der Waals surface area (Å²) < 4.78 is 1.68. The lowest BCUT2D eigenvalue weighted by atomic mass is 10.00. The molecule has 1 aromatic carbocycles. The van der Waals surface area contributed by atoms with Crippen molar-refractivity contribution in [3.8, 4) is 0 Å². The predicted octanol–water partition coefficient (Wildman–Crippen LogP) is 2.09. The van der Waals surface area contributed by atoms with Crippen molar-refractivity contribution in [1.29, 1.82) is 0 Å². The van der Waals surface area contributed by atoms with Gasteiger partial charge in [-0.3, -0.25) is 0 Å². The number of aromatic nitrogens is 4. The van der Waals surface area contributed by atoms with Crippen molar-refractivity contribution in [1.82, 2.24) is 20.2 Å². The second-order valence-electron chi connectivity index (χ2n) is 4.55. The zero-order valence-corrected chi connectivity index (χ0v) is 12.3. The molecule has 0 spiro atoms. The number of tetrazole rings is 1. The van der Waals surface area contributed by atoms with Crippen LogP contribution in [-0.4, -0.2) is 26.2 Å². The molecule has 2 N–H and O–H groups in total. The molecule has 19 heavy (non-hydrogen) atoms. The van der Waals surface area contributed by atoms with Crippen LogP contribution in [0.25, 0.3) is 0 Å². The van der Waals surface area contributed by atoms with Crippen LogP contribution in [-0.2, 0) is 7.05 Å². The van der Waals surface area contributed by atoms with Crippen LogP contribution in [0, 0.1) is 6.92 Å². The summed E-state index contributed by atoms with van der Waals surface area (Å²) in [5.41, 5.74) is 8.79. The van der Waals surface area contributed by atoms with Crippen molar-refractivity contribution in [2.75, 3.05) is 0 Å². The molecular formula is C13H19N5S. The highest BCUT2D eigenvalue weighted by Crippen LogP contribution is 2.37. The Morgan fingerprint density at radius 2 is 2.11 bits per heavy atom. The molecule has 0 aliphatic carbocycles. The number of aryl methyl sites for hydroxylation is 2. The Balaban J connectivity index is 2.32. The molecule has 0 aliphatic rings. The Morgan fingerprint density at radius 3 is 2.68 bits per heavy atom. The van der Waals surface area contributed by atoms with Crippen molar-refractivity contribution in [2.45, 2.75) is 36.7 Å². The molecule has 0 fully saturated rings. The Morgan fingerprint density at radius 1 is 1.37 bits per heavy atom. The van der Waals surface area contributed by atoms with Crippen molar-refractivity contribution in [3.05, 3.63) is 35.4 Å². The Bertz CT molecular complexity index is 539. The van der Waals surface area contributed by atoms with Gasteiger partial charge in [-0.2, -0.15) is 0 Å². The molecular weight excluding hydrogens is 258 g/mol. The van der Waals surface area contributed by atoms with E-state index >= 15 is 0 Å². The average molecular weight is 277 g/mol. The predicted molar refractivity (Wildman–Crippen MR) is 76.8 cm³/mol. The Hall–Kier alpha value is -1.40. The molecule has 0 aliphatic heterocycles. The number of benzene rings is 1. The fourth-order valence-corrected chi connectivity index (χ4v) is 3.19. The lowest BCUT2D eigenvalue weighted by Gasteiger charge is -2.23. The maximum atomic E-state index is 6.29. The quantitative estimate of drug-likeness (QED) is 0.847. The van der Waals surface area contributed by atoms with Gasteiger partial charge in [0, 0.05) is 13.1 Å². The second-order valence-corrected chi connectivity index (χ2v) is 5.66. The summed E-state index contributed by atoms with van der Waals surface area (Å²) in [5.74, 6) is 0. The standard InChI is InChI=1S/C13H19N5S/c1-4-11(14)12(10-8-6-5-7-9(10)2)19-13-15-16-17-18(13)3/h5-8,11-12H,4,14H2,1-3H3. The maximum absolute atomic E-state index is 6.29. The summed E-state index contributed by atoms with van der Waals surface area (Å²) >= 11 is 1.62. The van der Waals surface area contributed by atoms with Gasteiger partial charge in [0.05, 0.1) is 5.25 Å². The summed E-state index contributed by atoms with van der Waals surface area (Å²) in [5, 5.41) is 12.5. The van der Waals surface area contributed by atoms with Gasteiger partial charge in [-0.25, -0.2) is 4.68 Å². The molecule has 2 unspecified atom stereocenters. The number of nitrogens with two attached hydrogens (primary N) is 1. The van der Waals surface area contributed by atoms with Crippen molar-refractivity contribution in [2.24, 2.45) is 12.8 Å². The van der Waals surface area contributed by atoms with E-state index in [-0.39, 0.29) is 11.3 Å². The molecule has 0 saturated carbocycles. The summed E-state index contributed by atoms with van der Waals surface area (Å²) in [4.78, 5) is 0. The van der Waals surface area contributed by atoms with Gasteiger partial charge in [0.1, 0.15) is 0 Å². The van der Waals surface area contributed by atoms with E-state index in [0.717, 1.165) is 11.6 Å². The summed E-state index contributed by atoms with van der Waals surface area (Å²) in [7, 11) is 1.84. The van der Waals surface area contributed by atoms with E-state index in [0.29, 0.717) is 0 Å². The highest BCUT2D eigenvalue weighted by Gasteiger charge is 2.23. The zero-order valence-electron chi connectivity index (χ0n) is 11.4. The van der Waals surface area contributed by atoms with Crippen LogP contribution in [0.1, 0.15) is 29.7 Å². The molecule has 0 amide bonds. The molecule has 0 bridgehead atoms. The number of hydrogen-bond acceptors (Lipinski definition) is 5. The molecule has 0 radical (unpaired) electrons. The summed E-state index contributed by atoms with van der Waals surface area (Å²) in [6.07, 6.45) is 0.914. The largest absolute Gasteiger partial charge is 0.326 e. The van der Waals surface area contributed by atoms with Crippen LogP contribution in [0.4, 0.5) is 0 Å². The van der Waals surface area contributed by atoms with Gasteiger partial charge in [-0.05, 0) is 34.9 Å². The van der Waals surface area contributed by atoms with Crippen LogP contribution >= 0.6 is 11.8 Å². The minimum absolute atomic E-state index is 0.0720. The molecule has 2 atom stereocenters. The van der Waals surface area contributed by atoms with Crippen LogP contribution in [0.2, 0.25) is 0 Å². The SMILES string of the molecule is CCC(N)C(Sc1nnnn1C)c1ccccc1C. The van der Waals surface area contributed by atoms with Crippen molar-refractivity contribution in [3.63, 3.8) is 0 Å². The third-order valence-electron chi connectivity index (χ3n) is 3.17. The molecule has 1 aromatic heterocycles. The minimum atomic E-state index is 0.0720. The summed E-state index contributed by atoms with van der Waals surface area (Å²) in [6.45, 7) is 4.21. The molecule has 2 rings (SSSR count). The third kappa shape index (κ3) is 3.13. The first kappa shape index (κ1) is 14.0. The molecule has 0 saturated heterocycles. The number of nitrogens with zero attached hydrogens (tertiary/aromatic N) is 4. The van der Waals surface area contributed by atoms with Gasteiger partial charge < -0.3 is 5.73 Å². The fraction of sp³-hybridized carbons (Fsp3) is 0.462. The normalized spacial score (nSPS) is 14.3. The number of rotatable bonds is 5. The molecule has 102 valence electrons. The lowest BCUT2D eigenvalue weighted by molar-refractivity contribution is 0.622. The van der Waals surface area contributed by atoms with Gasteiger partial charge in [0.25, 0.3) is 0 Å². The maximum Gasteiger partial charge on any atom is 0.209 e. The van der Waals surface area contributed by atoms with E-state index in [1.165, 1.54) is 11.1 Å². The van der Waals surface area contributed by atoms with Crippen molar-refractivity contribution >= 4 is 11.8 Å². The average Bonchev–Trinajstić information content (AvgIpc) is 2.81. The first-order valence-corrected chi connectivity index (χ1v) is 7.21. The first-order valence-electron chi connectivity index (χ1n) is 6.33. The van der Waals surface area contributed by atoms with E-state index < -0.39 is 0 Å². The van der Waals surface area contributed by atoms with E-state index in [1.54, 1.807) is 16.4 Å². The second kappa shape index (κ2) is 6.16. The van der Waals surface area contributed by atoms with Crippen LogP contribution in [0.15, 0.2) is 29.4 Å². The summed E-state index contributed by atoms with van der Waals surface area (Å²) in [6, 6.07) is 8.41. The molecule has 1 heterocycles. The van der Waals surface area contributed by atoms with Gasteiger partial charge in [0.2, 0.25) is 5.16 Å². The number of hydrogen-bond donors (Lipinski definition) is 1. The first-order chi connectivity index (χ1) is 9.13. The smallest absolute Gasteiger partial charge is 0.209 e. The van der Waals surface area contributed by atoms with E-state index in [4.69, 9.17) is 5.73 Å². The molecule has 5 nitrogen and oxygen atoms in total. The highest BCUT2D eigenvalue weighted by molar-refractivity contribution is 7.99. The van der Waals surface area contributed by atoms with Gasteiger partial charge >= 0.3 is 0 Å². The minimum Gasteiger partial charge on any atom is -0.326 e. The molecule has 6 heteroatoms. The van der Waals surface area contributed by atoms with E-state index in [2.05, 4.69) is 41.5 Å². The highest BCUT2D eigenvalue weighted by atomic mass is 32.2. The zero-order chi connectivity index (χ0) is 13.8. The van der Waals surface area contributed by atoms with Gasteiger partial charge in [-0.15, -0.1) is 5.10 Å². The fourth-order valence-electron chi connectivity index (χ4n) is 1.94.